The van der Waals surface area contributed by atoms with Gasteiger partial charge in [0.2, 0.25) is 11.6 Å². The Labute approximate surface area is 304 Å². The van der Waals surface area contributed by atoms with E-state index in [4.69, 9.17) is 4.74 Å². The van der Waals surface area contributed by atoms with Crippen LogP contribution >= 0.6 is 0 Å². The van der Waals surface area contributed by atoms with Crippen molar-refractivity contribution >= 4 is 33.8 Å². The Morgan fingerprint density at radius 3 is 2.67 bits per heavy atom. The van der Waals surface area contributed by atoms with Gasteiger partial charge in [-0.2, -0.15) is 0 Å². The van der Waals surface area contributed by atoms with Gasteiger partial charge in [0.15, 0.2) is 5.71 Å². The van der Waals surface area contributed by atoms with E-state index in [-0.39, 0.29) is 17.9 Å². The van der Waals surface area contributed by atoms with Crippen LogP contribution in [-0.4, -0.2) is 92.8 Å². The first-order valence-corrected chi connectivity index (χ1v) is 18.6. The van der Waals surface area contributed by atoms with E-state index in [1.54, 1.807) is 0 Å². The number of hydrogen-bond donors (Lipinski definition) is 3. The maximum Gasteiger partial charge on any atom is 0.221 e. The van der Waals surface area contributed by atoms with E-state index in [1.807, 2.05) is 44.4 Å². The van der Waals surface area contributed by atoms with Crippen LogP contribution in [0.15, 0.2) is 78.9 Å². The minimum Gasteiger partial charge on any atom is -0.490 e. The smallest absolute Gasteiger partial charge is 0.221 e. The van der Waals surface area contributed by atoms with Gasteiger partial charge >= 0.3 is 0 Å². The lowest BCUT2D eigenvalue weighted by Crippen LogP contribution is -2.36. The molecule has 2 aliphatic heterocycles. The largest absolute Gasteiger partial charge is 0.490 e. The van der Waals surface area contributed by atoms with Gasteiger partial charge in [-0.25, -0.2) is 4.58 Å². The van der Waals surface area contributed by atoms with Gasteiger partial charge in [-0.3, -0.25) is 4.79 Å². The molecule has 1 atom stereocenters. The molecule has 8 heteroatoms. The van der Waals surface area contributed by atoms with E-state index in [9.17, 15) is 9.90 Å². The van der Waals surface area contributed by atoms with Crippen LogP contribution in [0, 0.1) is 0 Å². The second kappa shape index (κ2) is 16.4. The number of anilines is 1. The maximum absolute atomic E-state index is 12.4. The molecule has 51 heavy (non-hydrogen) atoms. The molecule has 2 aliphatic rings. The molecule has 0 fully saturated rings. The molecule has 4 aromatic rings. The van der Waals surface area contributed by atoms with Crippen LogP contribution in [0.5, 0.6) is 5.75 Å². The second-order valence-electron chi connectivity index (χ2n) is 15.0. The molecule has 6 rings (SSSR count). The average Bonchev–Trinajstić information content (AvgIpc) is 3.31. The van der Waals surface area contributed by atoms with Gasteiger partial charge in [0.25, 0.3) is 0 Å². The van der Waals surface area contributed by atoms with Gasteiger partial charge in [0.1, 0.15) is 25.5 Å². The number of aliphatic hydroxyl groups is 1. The number of rotatable bonds is 16. The molecule has 0 spiro atoms. The van der Waals surface area contributed by atoms with Crippen molar-refractivity contribution in [3.8, 4) is 5.75 Å². The molecule has 0 saturated carbocycles. The van der Waals surface area contributed by atoms with Crippen molar-refractivity contribution in [3.63, 3.8) is 0 Å². The lowest BCUT2D eigenvalue weighted by atomic mass is 9.79. The summed E-state index contributed by atoms with van der Waals surface area (Å²) in [6.45, 7) is 9.37. The summed E-state index contributed by atoms with van der Waals surface area (Å²) in [5, 5.41) is 19.3. The number of hydrogen-bond acceptors (Lipinski definition) is 6. The number of fused-ring (bicyclic) bond motifs is 3. The van der Waals surface area contributed by atoms with E-state index in [0.717, 1.165) is 61.8 Å². The van der Waals surface area contributed by atoms with Crippen molar-refractivity contribution in [1.82, 2.24) is 15.5 Å². The van der Waals surface area contributed by atoms with Crippen molar-refractivity contribution in [3.05, 3.63) is 101 Å². The zero-order valence-corrected chi connectivity index (χ0v) is 31.2. The number of benzene rings is 4. The van der Waals surface area contributed by atoms with E-state index in [0.29, 0.717) is 26.1 Å². The topological polar surface area (TPSA) is 80.1 Å². The highest BCUT2D eigenvalue weighted by molar-refractivity contribution is 5.95. The fourth-order valence-corrected chi connectivity index (χ4v) is 7.76. The molecule has 2 heterocycles. The van der Waals surface area contributed by atoms with E-state index in [2.05, 4.69) is 94.4 Å². The summed E-state index contributed by atoms with van der Waals surface area (Å²) >= 11 is 0. The zero-order chi connectivity index (χ0) is 36.0. The summed E-state index contributed by atoms with van der Waals surface area (Å²) in [6, 6.07) is 27.9. The van der Waals surface area contributed by atoms with Gasteiger partial charge in [0.05, 0.1) is 5.41 Å². The van der Waals surface area contributed by atoms with Crippen molar-refractivity contribution in [2.75, 3.05) is 65.4 Å². The van der Waals surface area contributed by atoms with Crippen molar-refractivity contribution < 1.29 is 19.2 Å². The summed E-state index contributed by atoms with van der Waals surface area (Å²) in [4.78, 5) is 16.9. The molecule has 0 aliphatic carbocycles. The van der Waals surface area contributed by atoms with Gasteiger partial charge in [-0.15, -0.1) is 0 Å². The summed E-state index contributed by atoms with van der Waals surface area (Å²) in [5.74, 6) is 0.925. The first-order valence-electron chi connectivity index (χ1n) is 18.6. The van der Waals surface area contributed by atoms with Crippen LogP contribution in [0.25, 0.3) is 10.8 Å². The normalized spacial score (nSPS) is 15.6. The number of carbonyl (C=O) groups excluding carboxylic acids is 1. The first-order chi connectivity index (χ1) is 24.6. The van der Waals surface area contributed by atoms with E-state index >= 15 is 0 Å². The molecule has 8 nitrogen and oxygen atoms in total. The van der Waals surface area contributed by atoms with Crippen LogP contribution in [0.1, 0.15) is 55.4 Å². The fraction of sp³-hybridized carbons (Fsp3) is 0.442. The summed E-state index contributed by atoms with van der Waals surface area (Å²) in [7, 11) is 6.24. The lowest BCUT2D eigenvalue weighted by molar-refractivity contribution is -0.404. The Kier molecular flexibility index (Phi) is 11.8. The molecule has 1 unspecified atom stereocenters. The maximum atomic E-state index is 12.4. The highest BCUT2D eigenvalue weighted by Crippen LogP contribution is 2.41. The van der Waals surface area contributed by atoms with Crippen LogP contribution in [-0.2, 0) is 29.6 Å². The SMILES string of the molecule is CN(C)CCNC(=O)CCN1CCCc2cc(CCC3=[N+](C)c4ccc(CNCC(O)COc5cccc6ccccc56)cc4C3(C)C)ccc21. The quantitative estimate of drug-likeness (QED) is 0.129. The highest BCUT2D eigenvalue weighted by atomic mass is 16.5. The van der Waals surface area contributed by atoms with Gasteiger partial charge in [-0.1, -0.05) is 54.6 Å². The third-order valence-corrected chi connectivity index (χ3v) is 10.6. The van der Waals surface area contributed by atoms with Gasteiger partial charge in [0, 0.05) is 74.8 Å². The Hall–Kier alpha value is -4.24. The molecular formula is C43H56N5O3+. The zero-order valence-electron chi connectivity index (χ0n) is 31.2. The van der Waals surface area contributed by atoms with Crippen molar-refractivity contribution in [2.24, 2.45) is 0 Å². The molecule has 3 N–H and O–H groups in total. The van der Waals surface area contributed by atoms with Crippen LogP contribution in [0.4, 0.5) is 11.4 Å². The van der Waals surface area contributed by atoms with Crippen LogP contribution in [0.2, 0.25) is 0 Å². The predicted octanol–water partition coefficient (Wildman–Crippen LogP) is 5.83. The lowest BCUT2D eigenvalue weighted by Gasteiger charge is -2.31. The second-order valence-corrected chi connectivity index (χ2v) is 15.0. The Morgan fingerprint density at radius 2 is 1.82 bits per heavy atom. The summed E-state index contributed by atoms with van der Waals surface area (Å²) < 4.78 is 8.39. The van der Waals surface area contributed by atoms with Gasteiger partial charge in [-0.05, 0) is 87.5 Å². The Balaban J connectivity index is 1.00. The number of aliphatic hydroxyl groups excluding tert-OH is 1. The van der Waals surface area contributed by atoms with E-state index < -0.39 is 6.10 Å². The number of aryl methyl sites for hydroxylation is 2. The van der Waals surface area contributed by atoms with Crippen LogP contribution < -0.4 is 20.3 Å². The highest BCUT2D eigenvalue weighted by Gasteiger charge is 2.43. The average molecular weight is 691 g/mol. The molecular weight excluding hydrogens is 635 g/mol. The number of nitrogens with one attached hydrogen (secondary N) is 2. The number of likely N-dealkylation sites (N-methyl/N-ethyl adjacent to an activating group) is 1. The Bertz CT molecular complexity index is 1860. The summed E-state index contributed by atoms with van der Waals surface area (Å²) in [6.07, 6.45) is 4.10. The van der Waals surface area contributed by atoms with E-state index in [1.165, 1.54) is 39.3 Å². The molecule has 0 aromatic heterocycles. The monoisotopic (exact) mass is 690 g/mol. The number of nitrogens with zero attached hydrogens (tertiary/aromatic N) is 3. The molecule has 270 valence electrons. The number of amides is 1. The van der Waals surface area contributed by atoms with Crippen molar-refractivity contribution in [2.45, 2.75) is 64.0 Å². The number of carbonyl (C=O) groups is 1. The molecule has 1 amide bonds. The Morgan fingerprint density at radius 1 is 1.02 bits per heavy atom. The molecule has 0 radical (unpaired) electrons. The standard InChI is InChI=1S/C43H55N5O3/c1-43(2)37-27-32(28-44-29-35(49)30-51-40-14-8-11-33-10-6-7-13-36(33)40)16-19-39(37)47(5)41(43)20-17-31-15-18-38-34(26-31)12-9-23-48(38)24-21-42(50)45-22-25-46(3)4/h6-8,10-11,13-16,18-19,26-27,35,44,49H,9,12,17,20-25,28-30H2,1-5H3/p+1. The molecule has 0 saturated heterocycles. The number of ether oxygens (including phenoxy) is 1. The fourth-order valence-electron chi connectivity index (χ4n) is 7.76. The van der Waals surface area contributed by atoms with Crippen molar-refractivity contribution in [1.29, 1.82) is 0 Å². The van der Waals surface area contributed by atoms with Gasteiger partial charge < -0.3 is 30.3 Å². The minimum atomic E-state index is -0.614. The first kappa shape index (κ1) is 36.5. The molecule has 4 aromatic carbocycles. The third kappa shape index (κ3) is 8.80. The molecule has 0 bridgehead atoms. The van der Waals surface area contributed by atoms with Crippen LogP contribution in [0.3, 0.4) is 0 Å². The third-order valence-electron chi connectivity index (χ3n) is 10.6. The summed E-state index contributed by atoms with van der Waals surface area (Å²) in [5.41, 5.74) is 9.26. The predicted molar refractivity (Wildman–Crippen MR) is 209 cm³/mol. The minimum absolute atomic E-state index is 0.0793.